The van der Waals surface area contributed by atoms with E-state index in [-0.39, 0.29) is 24.2 Å². The van der Waals surface area contributed by atoms with Gasteiger partial charge in [0.1, 0.15) is 0 Å². The van der Waals surface area contributed by atoms with E-state index in [4.69, 9.17) is 11.6 Å². The summed E-state index contributed by atoms with van der Waals surface area (Å²) < 4.78 is 26.5. The van der Waals surface area contributed by atoms with Crippen molar-refractivity contribution in [3.05, 3.63) is 0 Å². The molecule has 0 aliphatic heterocycles. The van der Waals surface area contributed by atoms with Gasteiger partial charge in [-0.2, -0.15) is 0 Å². The molecule has 0 aromatic heterocycles. The maximum atomic E-state index is 13.3. The Morgan fingerprint density at radius 1 is 1.33 bits per heavy atom. The average Bonchev–Trinajstić information content (AvgIpc) is 2.34. The van der Waals surface area contributed by atoms with E-state index in [1.807, 2.05) is 0 Å². The second kappa shape index (κ2) is 7.04. The molecule has 1 atom stereocenters. The highest BCUT2D eigenvalue weighted by Gasteiger charge is 2.36. The molecule has 0 amide bonds. The third-order valence-electron chi connectivity index (χ3n) is 4.46. The fourth-order valence-corrected chi connectivity index (χ4v) is 3.20. The Kier molecular flexibility index (Phi) is 6.32. The van der Waals surface area contributed by atoms with E-state index in [0.717, 1.165) is 25.8 Å². The Morgan fingerprint density at radius 2 is 2.00 bits per heavy atom. The summed E-state index contributed by atoms with van der Waals surface area (Å²) in [4.78, 5) is 0. The van der Waals surface area contributed by atoms with Gasteiger partial charge in [-0.1, -0.05) is 13.8 Å². The van der Waals surface area contributed by atoms with Gasteiger partial charge >= 0.3 is 0 Å². The SMILES string of the molecule is CCC(CC)(CCl)CNCC1CCCC(F)(F)C1. The van der Waals surface area contributed by atoms with Crippen molar-refractivity contribution < 1.29 is 8.78 Å². The number of hydrogen-bond donors (Lipinski definition) is 1. The highest BCUT2D eigenvalue weighted by molar-refractivity contribution is 6.18. The van der Waals surface area contributed by atoms with Gasteiger partial charge in [0.05, 0.1) is 0 Å². The molecule has 1 rings (SSSR count). The van der Waals surface area contributed by atoms with Crippen LogP contribution in [0.5, 0.6) is 0 Å². The second-order valence-electron chi connectivity index (χ2n) is 5.79. The molecule has 0 aromatic rings. The van der Waals surface area contributed by atoms with E-state index >= 15 is 0 Å². The van der Waals surface area contributed by atoms with Crippen molar-refractivity contribution in [1.82, 2.24) is 5.32 Å². The van der Waals surface area contributed by atoms with E-state index in [1.165, 1.54) is 0 Å². The molecule has 1 fully saturated rings. The molecule has 1 aliphatic carbocycles. The number of alkyl halides is 3. The fourth-order valence-electron chi connectivity index (χ4n) is 2.73. The van der Waals surface area contributed by atoms with Crippen LogP contribution in [0.1, 0.15) is 52.4 Å². The summed E-state index contributed by atoms with van der Waals surface area (Å²) in [7, 11) is 0. The summed E-state index contributed by atoms with van der Waals surface area (Å²) in [6.45, 7) is 5.82. The van der Waals surface area contributed by atoms with Crippen molar-refractivity contribution in [3.8, 4) is 0 Å². The lowest BCUT2D eigenvalue weighted by molar-refractivity contribution is -0.0522. The van der Waals surface area contributed by atoms with Crippen molar-refractivity contribution in [1.29, 1.82) is 0 Å². The molecular formula is C14H26ClF2N. The summed E-state index contributed by atoms with van der Waals surface area (Å²) in [5.74, 6) is -1.69. The third kappa shape index (κ3) is 4.65. The number of rotatable bonds is 7. The summed E-state index contributed by atoms with van der Waals surface area (Å²) in [6, 6.07) is 0. The summed E-state index contributed by atoms with van der Waals surface area (Å²) in [5, 5.41) is 3.37. The minimum absolute atomic E-state index is 0.0477. The number of halogens is 3. The predicted octanol–water partition coefficient (Wildman–Crippen LogP) is 4.45. The van der Waals surface area contributed by atoms with Crippen molar-refractivity contribution in [3.63, 3.8) is 0 Å². The number of nitrogens with one attached hydrogen (secondary N) is 1. The molecule has 0 aromatic carbocycles. The molecule has 0 spiro atoms. The first-order valence-electron chi connectivity index (χ1n) is 7.11. The topological polar surface area (TPSA) is 12.0 Å². The lowest BCUT2D eigenvalue weighted by Gasteiger charge is -2.32. The van der Waals surface area contributed by atoms with Gasteiger partial charge in [-0.3, -0.25) is 0 Å². The Labute approximate surface area is 115 Å². The van der Waals surface area contributed by atoms with Crippen LogP contribution in [0.4, 0.5) is 8.78 Å². The molecule has 108 valence electrons. The molecule has 1 aliphatic rings. The first-order valence-corrected chi connectivity index (χ1v) is 7.65. The Morgan fingerprint density at radius 3 is 2.50 bits per heavy atom. The van der Waals surface area contributed by atoms with Crippen molar-refractivity contribution in [2.45, 2.75) is 58.3 Å². The fraction of sp³-hybridized carbons (Fsp3) is 1.00. The minimum Gasteiger partial charge on any atom is -0.316 e. The lowest BCUT2D eigenvalue weighted by Crippen LogP contribution is -2.39. The average molecular weight is 282 g/mol. The van der Waals surface area contributed by atoms with Gasteiger partial charge < -0.3 is 5.32 Å². The normalized spacial score (nSPS) is 24.2. The van der Waals surface area contributed by atoms with Gasteiger partial charge in [-0.05, 0) is 43.6 Å². The van der Waals surface area contributed by atoms with E-state index in [9.17, 15) is 8.78 Å². The first-order chi connectivity index (χ1) is 8.47. The van der Waals surface area contributed by atoms with E-state index in [1.54, 1.807) is 0 Å². The van der Waals surface area contributed by atoms with Crippen LogP contribution in [-0.2, 0) is 0 Å². The molecular weight excluding hydrogens is 256 g/mol. The van der Waals surface area contributed by atoms with E-state index in [0.29, 0.717) is 18.8 Å². The zero-order chi connectivity index (χ0) is 13.6. The van der Waals surface area contributed by atoms with Crippen LogP contribution in [-0.4, -0.2) is 24.9 Å². The summed E-state index contributed by atoms with van der Waals surface area (Å²) in [5.41, 5.74) is 0.124. The molecule has 0 bridgehead atoms. The molecule has 1 unspecified atom stereocenters. The molecule has 0 radical (unpaired) electrons. The maximum absolute atomic E-state index is 13.3. The van der Waals surface area contributed by atoms with Gasteiger partial charge in [0.25, 0.3) is 0 Å². The Hall–Kier alpha value is 0.110. The van der Waals surface area contributed by atoms with Gasteiger partial charge in [0.15, 0.2) is 0 Å². The summed E-state index contributed by atoms with van der Waals surface area (Å²) >= 11 is 6.03. The van der Waals surface area contributed by atoms with Crippen molar-refractivity contribution in [2.75, 3.05) is 19.0 Å². The van der Waals surface area contributed by atoms with Crippen molar-refractivity contribution >= 4 is 11.6 Å². The first kappa shape index (κ1) is 16.2. The van der Waals surface area contributed by atoms with Crippen LogP contribution in [0.2, 0.25) is 0 Å². The molecule has 1 saturated carbocycles. The van der Waals surface area contributed by atoms with Crippen LogP contribution in [0.15, 0.2) is 0 Å². The van der Waals surface area contributed by atoms with Crippen LogP contribution in [0, 0.1) is 11.3 Å². The second-order valence-corrected chi connectivity index (χ2v) is 6.06. The van der Waals surface area contributed by atoms with Crippen LogP contribution in [0.25, 0.3) is 0 Å². The largest absolute Gasteiger partial charge is 0.316 e. The highest BCUT2D eigenvalue weighted by Crippen LogP contribution is 2.36. The van der Waals surface area contributed by atoms with E-state index in [2.05, 4.69) is 19.2 Å². The van der Waals surface area contributed by atoms with Crippen LogP contribution in [0.3, 0.4) is 0 Å². The molecule has 0 saturated heterocycles. The molecule has 1 nitrogen and oxygen atoms in total. The van der Waals surface area contributed by atoms with Gasteiger partial charge in [-0.25, -0.2) is 8.78 Å². The van der Waals surface area contributed by atoms with Crippen LogP contribution < -0.4 is 5.32 Å². The van der Waals surface area contributed by atoms with Gasteiger partial charge in [0.2, 0.25) is 5.92 Å². The quantitative estimate of drug-likeness (QED) is 0.680. The third-order valence-corrected chi connectivity index (χ3v) is 5.03. The Bertz CT molecular complexity index is 234. The maximum Gasteiger partial charge on any atom is 0.248 e. The molecule has 18 heavy (non-hydrogen) atoms. The highest BCUT2D eigenvalue weighted by atomic mass is 35.5. The van der Waals surface area contributed by atoms with Gasteiger partial charge in [-0.15, -0.1) is 11.6 Å². The lowest BCUT2D eigenvalue weighted by atomic mass is 9.83. The molecule has 1 N–H and O–H groups in total. The zero-order valence-corrected chi connectivity index (χ0v) is 12.3. The van der Waals surface area contributed by atoms with Gasteiger partial charge in [0, 0.05) is 25.3 Å². The number of hydrogen-bond acceptors (Lipinski definition) is 1. The monoisotopic (exact) mass is 281 g/mol. The standard InChI is InChI=1S/C14H26ClF2N/c1-3-13(4-2,10-15)11-18-9-12-6-5-7-14(16,17)8-12/h12,18H,3-11H2,1-2H3. The minimum atomic E-state index is -2.44. The molecule has 0 heterocycles. The Balaban J connectivity index is 2.32. The zero-order valence-electron chi connectivity index (χ0n) is 11.6. The molecule has 4 heteroatoms. The van der Waals surface area contributed by atoms with Crippen LogP contribution >= 0.6 is 11.6 Å². The predicted molar refractivity (Wildman–Crippen MR) is 73.5 cm³/mol. The van der Waals surface area contributed by atoms with E-state index < -0.39 is 5.92 Å². The van der Waals surface area contributed by atoms with Crippen molar-refractivity contribution in [2.24, 2.45) is 11.3 Å². The summed E-state index contributed by atoms with van der Waals surface area (Å²) in [6.07, 6.45) is 3.75. The smallest absolute Gasteiger partial charge is 0.248 e.